The summed E-state index contributed by atoms with van der Waals surface area (Å²) < 4.78 is 0. The summed E-state index contributed by atoms with van der Waals surface area (Å²) in [5.41, 5.74) is 11.0. The summed E-state index contributed by atoms with van der Waals surface area (Å²) in [4.78, 5) is 11.6. The van der Waals surface area contributed by atoms with Crippen LogP contribution in [0.15, 0.2) is 0 Å². The first-order chi connectivity index (χ1) is 8.11. The van der Waals surface area contributed by atoms with Gasteiger partial charge in [0.25, 0.3) is 0 Å². The molecule has 0 saturated heterocycles. The smallest absolute Gasteiger partial charge is 0.220 e. The van der Waals surface area contributed by atoms with E-state index in [1.165, 1.54) is 0 Å². The van der Waals surface area contributed by atoms with Crippen molar-refractivity contribution in [3.8, 4) is 0 Å². The summed E-state index contributed by atoms with van der Waals surface area (Å²) in [6.45, 7) is 6.54. The van der Waals surface area contributed by atoms with Gasteiger partial charge in [-0.2, -0.15) is 0 Å². The fourth-order valence-corrected chi connectivity index (χ4v) is 1.93. The summed E-state index contributed by atoms with van der Waals surface area (Å²) in [5.74, 6) is 1.32. The van der Waals surface area contributed by atoms with Crippen LogP contribution in [0.2, 0.25) is 0 Å². The zero-order valence-electron chi connectivity index (χ0n) is 11.4. The Labute approximate surface area is 106 Å². The lowest BCUT2D eigenvalue weighted by Crippen LogP contribution is -2.26. The van der Waals surface area contributed by atoms with Gasteiger partial charge in [0, 0.05) is 13.0 Å². The second-order valence-corrected chi connectivity index (χ2v) is 4.97. The molecule has 1 atom stereocenters. The fourth-order valence-electron chi connectivity index (χ4n) is 1.93. The van der Waals surface area contributed by atoms with Gasteiger partial charge in [0.15, 0.2) is 0 Å². The number of rotatable bonds is 10. The van der Waals surface area contributed by atoms with Crippen molar-refractivity contribution in [1.29, 1.82) is 0 Å². The summed E-state index contributed by atoms with van der Waals surface area (Å²) in [6.07, 6.45) is 4.52. The van der Waals surface area contributed by atoms with Gasteiger partial charge in [-0.25, -0.2) is 0 Å². The molecule has 0 aromatic heterocycles. The van der Waals surface area contributed by atoms with E-state index in [2.05, 4.69) is 19.2 Å². The Morgan fingerprint density at radius 1 is 1.12 bits per heavy atom. The van der Waals surface area contributed by atoms with E-state index < -0.39 is 0 Å². The number of carbonyl (C=O) groups excluding carboxylic acids is 1. The molecular weight excluding hydrogens is 214 g/mol. The van der Waals surface area contributed by atoms with Crippen LogP contribution in [-0.2, 0) is 4.79 Å². The Morgan fingerprint density at radius 2 is 1.82 bits per heavy atom. The molecule has 0 aliphatic rings. The molecule has 17 heavy (non-hydrogen) atoms. The van der Waals surface area contributed by atoms with E-state index in [1.807, 2.05) is 0 Å². The van der Waals surface area contributed by atoms with Gasteiger partial charge in [-0.1, -0.05) is 13.8 Å². The van der Waals surface area contributed by atoms with Gasteiger partial charge in [-0.15, -0.1) is 0 Å². The summed E-state index contributed by atoms with van der Waals surface area (Å²) in [6, 6.07) is 0. The molecule has 0 radical (unpaired) electrons. The number of carbonyl (C=O) groups is 1. The molecule has 0 fully saturated rings. The van der Waals surface area contributed by atoms with Crippen molar-refractivity contribution in [3.63, 3.8) is 0 Å². The molecule has 0 saturated carbocycles. The van der Waals surface area contributed by atoms with Crippen LogP contribution in [0.1, 0.15) is 46.0 Å². The maximum absolute atomic E-state index is 11.6. The maximum Gasteiger partial charge on any atom is 0.220 e. The minimum Gasteiger partial charge on any atom is -0.356 e. The Bertz CT molecular complexity index is 195. The predicted octanol–water partition coefficient (Wildman–Crippen LogP) is 1.24. The molecular formula is C13H29N3O. The number of hydrogen-bond donors (Lipinski definition) is 3. The van der Waals surface area contributed by atoms with Gasteiger partial charge < -0.3 is 16.8 Å². The molecule has 0 aromatic carbocycles. The van der Waals surface area contributed by atoms with Crippen LogP contribution in [0, 0.1) is 11.8 Å². The first kappa shape index (κ1) is 16.4. The van der Waals surface area contributed by atoms with Gasteiger partial charge >= 0.3 is 0 Å². The van der Waals surface area contributed by atoms with Crippen LogP contribution in [0.4, 0.5) is 0 Å². The first-order valence-corrected chi connectivity index (χ1v) is 6.78. The van der Waals surface area contributed by atoms with E-state index in [0.717, 1.165) is 32.2 Å². The lowest BCUT2D eigenvalue weighted by molar-refractivity contribution is -0.121. The minimum absolute atomic E-state index is 0.157. The highest BCUT2D eigenvalue weighted by molar-refractivity contribution is 5.75. The SMILES string of the molecule is CC(C)C(CCN)CCC(=O)NCCCCN. The maximum atomic E-state index is 11.6. The molecule has 1 unspecified atom stereocenters. The van der Waals surface area contributed by atoms with Crippen LogP contribution in [0.25, 0.3) is 0 Å². The number of unbranched alkanes of at least 4 members (excludes halogenated alkanes) is 1. The summed E-state index contributed by atoms with van der Waals surface area (Å²) in [7, 11) is 0. The number of amides is 1. The topological polar surface area (TPSA) is 81.1 Å². The normalized spacial score (nSPS) is 12.8. The highest BCUT2D eigenvalue weighted by Crippen LogP contribution is 2.20. The third-order valence-corrected chi connectivity index (χ3v) is 3.18. The van der Waals surface area contributed by atoms with Gasteiger partial charge in [-0.3, -0.25) is 4.79 Å². The van der Waals surface area contributed by atoms with E-state index in [9.17, 15) is 4.79 Å². The van der Waals surface area contributed by atoms with E-state index in [0.29, 0.717) is 31.3 Å². The molecule has 102 valence electrons. The van der Waals surface area contributed by atoms with Crippen LogP contribution >= 0.6 is 0 Å². The average Bonchev–Trinajstić information content (AvgIpc) is 2.29. The number of nitrogens with two attached hydrogens (primary N) is 2. The zero-order chi connectivity index (χ0) is 13.1. The van der Waals surface area contributed by atoms with Gasteiger partial charge in [0.2, 0.25) is 5.91 Å². The summed E-state index contributed by atoms with van der Waals surface area (Å²) >= 11 is 0. The highest BCUT2D eigenvalue weighted by atomic mass is 16.1. The van der Waals surface area contributed by atoms with Crippen molar-refractivity contribution in [2.24, 2.45) is 23.3 Å². The van der Waals surface area contributed by atoms with Crippen molar-refractivity contribution in [2.75, 3.05) is 19.6 Å². The van der Waals surface area contributed by atoms with Crippen molar-refractivity contribution in [3.05, 3.63) is 0 Å². The summed E-state index contributed by atoms with van der Waals surface area (Å²) in [5, 5.41) is 2.93. The Kier molecular flexibility index (Phi) is 10.2. The molecule has 4 heteroatoms. The van der Waals surface area contributed by atoms with Crippen LogP contribution in [0.3, 0.4) is 0 Å². The van der Waals surface area contributed by atoms with Gasteiger partial charge in [0.05, 0.1) is 0 Å². The van der Waals surface area contributed by atoms with E-state index >= 15 is 0 Å². The molecule has 0 spiro atoms. The van der Waals surface area contributed by atoms with Crippen LogP contribution in [0.5, 0.6) is 0 Å². The van der Waals surface area contributed by atoms with Crippen molar-refractivity contribution < 1.29 is 4.79 Å². The third kappa shape index (κ3) is 9.12. The van der Waals surface area contributed by atoms with Crippen LogP contribution < -0.4 is 16.8 Å². The largest absolute Gasteiger partial charge is 0.356 e. The molecule has 0 bridgehead atoms. The monoisotopic (exact) mass is 243 g/mol. The predicted molar refractivity (Wildman–Crippen MR) is 72.5 cm³/mol. The molecule has 4 nitrogen and oxygen atoms in total. The molecule has 0 aromatic rings. The van der Waals surface area contributed by atoms with Crippen LogP contribution in [-0.4, -0.2) is 25.5 Å². The number of nitrogens with one attached hydrogen (secondary N) is 1. The Balaban J connectivity index is 3.65. The zero-order valence-corrected chi connectivity index (χ0v) is 11.4. The van der Waals surface area contributed by atoms with Crippen molar-refractivity contribution in [1.82, 2.24) is 5.32 Å². The first-order valence-electron chi connectivity index (χ1n) is 6.78. The molecule has 1 amide bonds. The van der Waals surface area contributed by atoms with Gasteiger partial charge in [-0.05, 0) is 50.6 Å². The van der Waals surface area contributed by atoms with Gasteiger partial charge in [0.1, 0.15) is 0 Å². The van der Waals surface area contributed by atoms with E-state index in [4.69, 9.17) is 11.5 Å². The molecule has 0 heterocycles. The molecule has 0 rings (SSSR count). The van der Waals surface area contributed by atoms with Crippen molar-refractivity contribution >= 4 is 5.91 Å². The fraction of sp³-hybridized carbons (Fsp3) is 0.923. The van der Waals surface area contributed by atoms with E-state index in [1.54, 1.807) is 0 Å². The average molecular weight is 243 g/mol. The van der Waals surface area contributed by atoms with Crippen molar-refractivity contribution in [2.45, 2.75) is 46.0 Å². The standard InChI is InChI=1S/C13H29N3O/c1-11(2)12(7-9-15)5-6-13(17)16-10-4-3-8-14/h11-12H,3-10,14-15H2,1-2H3,(H,16,17). The minimum atomic E-state index is 0.157. The quantitative estimate of drug-likeness (QED) is 0.505. The molecule has 0 aliphatic heterocycles. The lowest BCUT2D eigenvalue weighted by Gasteiger charge is -2.19. The Hall–Kier alpha value is -0.610. The highest BCUT2D eigenvalue weighted by Gasteiger charge is 2.14. The lowest BCUT2D eigenvalue weighted by atomic mass is 9.88. The van der Waals surface area contributed by atoms with E-state index in [-0.39, 0.29) is 5.91 Å². The molecule has 0 aliphatic carbocycles. The second kappa shape index (κ2) is 10.5. The third-order valence-electron chi connectivity index (χ3n) is 3.18. The molecule has 5 N–H and O–H groups in total. The second-order valence-electron chi connectivity index (χ2n) is 4.97. The number of hydrogen-bond acceptors (Lipinski definition) is 3. The Morgan fingerprint density at radius 3 is 2.35 bits per heavy atom.